The summed E-state index contributed by atoms with van der Waals surface area (Å²) in [7, 11) is 0. The lowest BCUT2D eigenvalue weighted by Gasteiger charge is -2.25. The van der Waals surface area contributed by atoms with Crippen molar-refractivity contribution in [1.82, 2.24) is 15.2 Å². The fraction of sp³-hybridized carbons (Fsp3) is 0.529. The van der Waals surface area contributed by atoms with Gasteiger partial charge in [0.05, 0.1) is 0 Å². The quantitative estimate of drug-likeness (QED) is 0.829. The monoisotopic (exact) mass is 332 g/mol. The molecule has 6 heteroatoms. The zero-order valence-corrected chi connectivity index (χ0v) is 15.2. The molecule has 23 heavy (non-hydrogen) atoms. The highest BCUT2D eigenvalue weighted by Crippen LogP contribution is 2.30. The van der Waals surface area contributed by atoms with Gasteiger partial charge in [-0.1, -0.05) is 46.0 Å². The summed E-state index contributed by atoms with van der Waals surface area (Å²) < 4.78 is 0. The van der Waals surface area contributed by atoms with E-state index < -0.39 is 0 Å². The van der Waals surface area contributed by atoms with Gasteiger partial charge in [0.2, 0.25) is 11.0 Å². The number of carbonyl (C=O) groups is 1. The van der Waals surface area contributed by atoms with Gasteiger partial charge in [-0.05, 0) is 23.5 Å². The van der Waals surface area contributed by atoms with Crippen LogP contribution in [-0.2, 0) is 4.79 Å². The fourth-order valence-corrected chi connectivity index (χ4v) is 2.99. The molecule has 0 fully saturated rings. The average molecular weight is 332 g/mol. The van der Waals surface area contributed by atoms with Crippen LogP contribution in [0.15, 0.2) is 24.5 Å². The Labute approximate surface area is 141 Å². The molecule has 2 aromatic rings. The molecular weight excluding hydrogens is 308 g/mol. The molecule has 0 spiro atoms. The van der Waals surface area contributed by atoms with Gasteiger partial charge >= 0.3 is 0 Å². The van der Waals surface area contributed by atoms with Crippen molar-refractivity contribution in [2.45, 2.75) is 41.0 Å². The molecule has 0 aliphatic carbocycles. The Kier molecular flexibility index (Phi) is 5.46. The van der Waals surface area contributed by atoms with E-state index in [-0.39, 0.29) is 11.3 Å². The molecule has 0 aliphatic heterocycles. The van der Waals surface area contributed by atoms with Crippen LogP contribution in [0.2, 0.25) is 0 Å². The topological polar surface area (TPSA) is 59.0 Å². The van der Waals surface area contributed by atoms with E-state index in [2.05, 4.69) is 49.8 Å². The fourth-order valence-electron chi connectivity index (χ4n) is 2.13. The normalized spacial score (nSPS) is 11.7. The summed E-state index contributed by atoms with van der Waals surface area (Å²) in [5, 5.41) is 9.91. The Bertz CT molecular complexity index is 646. The van der Waals surface area contributed by atoms with Gasteiger partial charge in [0.15, 0.2) is 5.01 Å². The lowest BCUT2D eigenvalue weighted by molar-refractivity contribution is -0.120. The lowest BCUT2D eigenvalue weighted by atomic mass is 9.91. The van der Waals surface area contributed by atoms with Crippen LogP contribution in [-0.4, -0.2) is 27.6 Å². The first-order valence-electron chi connectivity index (χ1n) is 7.80. The molecule has 0 saturated heterocycles. The van der Waals surface area contributed by atoms with Gasteiger partial charge in [0.1, 0.15) is 0 Å². The Morgan fingerprint density at radius 2 is 2.04 bits per heavy atom. The smallest absolute Gasteiger partial charge is 0.229 e. The molecule has 0 saturated carbocycles. The second-order valence-corrected chi connectivity index (χ2v) is 8.22. The minimum atomic E-state index is -0.0524. The minimum absolute atomic E-state index is 0.0524. The van der Waals surface area contributed by atoms with E-state index in [4.69, 9.17) is 0 Å². The molecule has 2 aromatic heterocycles. The molecule has 0 bridgehead atoms. The van der Waals surface area contributed by atoms with Crippen molar-refractivity contribution in [2.75, 3.05) is 11.4 Å². The molecule has 0 N–H and O–H groups in total. The number of carbonyl (C=O) groups excluding carboxylic acids is 1. The zero-order valence-electron chi connectivity index (χ0n) is 14.4. The molecule has 1 amide bonds. The minimum Gasteiger partial charge on any atom is -0.286 e. The van der Waals surface area contributed by atoms with Gasteiger partial charge in [0.25, 0.3) is 0 Å². The predicted molar refractivity (Wildman–Crippen MR) is 94.4 cm³/mol. The van der Waals surface area contributed by atoms with E-state index in [1.807, 2.05) is 12.1 Å². The molecule has 0 atom stereocenters. The second-order valence-electron chi connectivity index (χ2n) is 7.27. The van der Waals surface area contributed by atoms with Crippen LogP contribution in [0.5, 0.6) is 0 Å². The lowest BCUT2D eigenvalue weighted by Crippen LogP contribution is -2.36. The number of hydrogen-bond donors (Lipinski definition) is 0. The van der Waals surface area contributed by atoms with Crippen molar-refractivity contribution in [3.63, 3.8) is 0 Å². The van der Waals surface area contributed by atoms with Gasteiger partial charge in [-0.25, -0.2) is 0 Å². The number of anilines is 1. The van der Waals surface area contributed by atoms with Gasteiger partial charge in [-0.15, -0.1) is 10.2 Å². The number of nitrogens with zero attached hydrogens (tertiary/aromatic N) is 4. The van der Waals surface area contributed by atoms with Crippen molar-refractivity contribution >= 4 is 22.4 Å². The Balaban J connectivity index is 2.26. The molecule has 0 radical (unpaired) electrons. The number of aromatic nitrogens is 3. The van der Waals surface area contributed by atoms with Gasteiger partial charge in [-0.2, -0.15) is 0 Å². The Hall–Kier alpha value is -1.82. The zero-order chi connectivity index (χ0) is 17.0. The first-order valence-corrected chi connectivity index (χ1v) is 8.62. The highest BCUT2D eigenvalue weighted by Gasteiger charge is 2.25. The largest absolute Gasteiger partial charge is 0.286 e. The van der Waals surface area contributed by atoms with E-state index in [1.165, 1.54) is 11.3 Å². The van der Waals surface area contributed by atoms with Gasteiger partial charge < -0.3 is 0 Å². The van der Waals surface area contributed by atoms with Crippen molar-refractivity contribution in [3.05, 3.63) is 24.5 Å². The van der Waals surface area contributed by atoms with Crippen LogP contribution >= 0.6 is 11.3 Å². The van der Waals surface area contributed by atoms with Crippen LogP contribution in [0.3, 0.4) is 0 Å². The van der Waals surface area contributed by atoms with E-state index in [9.17, 15) is 4.79 Å². The maximum atomic E-state index is 12.7. The van der Waals surface area contributed by atoms with Crippen molar-refractivity contribution < 1.29 is 4.79 Å². The highest BCUT2D eigenvalue weighted by atomic mass is 32.1. The summed E-state index contributed by atoms with van der Waals surface area (Å²) in [6.07, 6.45) is 3.97. The maximum Gasteiger partial charge on any atom is 0.229 e. The molecule has 2 heterocycles. The summed E-state index contributed by atoms with van der Waals surface area (Å²) >= 11 is 1.43. The summed E-state index contributed by atoms with van der Waals surface area (Å²) in [4.78, 5) is 18.6. The van der Waals surface area contributed by atoms with E-state index in [0.717, 1.165) is 10.6 Å². The van der Waals surface area contributed by atoms with Crippen LogP contribution < -0.4 is 4.90 Å². The van der Waals surface area contributed by atoms with E-state index >= 15 is 0 Å². The standard InChI is InChI=1S/C17H24N4OS/c1-12(2)11-21(14(22)9-17(3,4)5)16-20-19-15(23-16)13-7-6-8-18-10-13/h6-8,10,12H,9,11H2,1-5H3. The summed E-state index contributed by atoms with van der Waals surface area (Å²) in [6.45, 7) is 11.1. The molecule has 0 aliphatic rings. The SMILES string of the molecule is CC(C)CN(C(=O)CC(C)(C)C)c1nnc(-c2cccnc2)s1. The van der Waals surface area contributed by atoms with Crippen LogP contribution in [0.1, 0.15) is 41.0 Å². The second kappa shape index (κ2) is 7.17. The Morgan fingerprint density at radius 1 is 1.30 bits per heavy atom. The number of hydrogen-bond acceptors (Lipinski definition) is 5. The van der Waals surface area contributed by atoms with E-state index in [0.29, 0.717) is 24.0 Å². The average Bonchev–Trinajstić information content (AvgIpc) is 2.93. The molecule has 0 aromatic carbocycles. The third-order valence-electron chi connectivity index (χ3n) is 3.08. The summed E-state index contributed by atoms with van der Waals surface area (Å²) in [5.41, 5.74) is 0.868. The van der Waals surface area contributed by atoms with Crippen LogP contribution in [0.25, 0.3) is 10.6 Å². The summed E-state index contributed by atoms with van der Waals surface area (Å²) in [5.74, 6) is 0.463. The number of pyridine rings is 1. The van der Waals surface area contributed by atoms with Gasteiger partial charge in [0, 0.05) is 30.9 Å². The van der Waals surface area contributed by atoms with Crippen molar-refractivity contribution in [1.29, 1.82) is 0 Å². The first kappa shape index (κ1) is 17.5. The first-order chi connectivity index (χ1) is 10.8. The third-order valence-corrected chi connectivity index (χ3v) is 4.08. The molecule has 124 valence electrons. The molecular formula is C17H24N4OS. The predicted octanol–water partition coefficient (Wildman–Crippen LogP) is 4.03. The van der Waals surface area contributed by atoms with Crippen molar-refractivity contribution in [3.8, 4) is 10.6 Å². The molecule has 2 rings (SSSR count). The highest BCUT2D eigenvalue weighted by molar-refractivity contribution is 7.18. The number of rotatable bonds is 5. The van der Waals surface area contributed by atoms with Crippen molar-refractivity contribution in [2.24, 2.45) is 11.3 Å². The van der Waals surface area contributed by atoms with E-state index in [1.54, 1.807) is 17.3 Å². The third kappa shape index (κ3) is 5.10. The van der Waals surface area contributed by atoms with Crippen LogP contribution in [0, 0.1) is 11.3 Å². The summed E-state index contributed by atoms with van der Waals surface area (Å²) in [6, 6.07) is 3.81. The Morgan fingerprint density at radius 3 is 2.61 bits per heavy atom. The molecule has 0 unspecified atom stereocenters. The molecule has 5 nitrogen and oxygen atoms in total. The number of amides is 1. The maximum absolute atomic E-state index is 12.7. The van der Waals surface area contributed by atoms with Gasteiger partial charge in [-0.3, -0.25) is 14.7 Å². The van der Waals surface area contributed by atoms with Crippen LogP contribution in [0.4, 0.5) is 5.13 Å².